The fraction of sp³-hybridized carbons (Fsp3) is 0. The number of fused-ring (bicyclic) bond motifs is 10. The van der Waals surface area contributed by atoms with Crippen LogP contribution in [0.5, 0.6) is 0 Å². The number of furan rings is 1. The Kier molecular flexibility index (Phi) is 7.74. The van der Waals surface area contributed by atoms with E-state index in [9.17, 15) is 0 Å². The van der Waals surface area contributed by atoms with Gasteiger partial charge in [-0.1, -0.05) is 152 Å². The number of para-hydroxylation sites is 1. The second-order valence-electron chi connectivity index (χ2n) is 15.9. The highest BCUT2D eigenvalue weighted by molar-refractivity contribution is 7.25. The molecule has 4 nitrogen and oxygen atoms in total. The van der Waals surface area contributed by atoms with Gasteiger partial charge in [0, 0.05) is 58.6 Å². The van der Waals surface area contributed by atoms with Crippen molar-refractivity contribution in [2.45, 2.75) is 0 Å². The molecule has 0 fully saturated rings. The molecule has 0 unspecified atom stereocenters. The SMILES string of the molecule is c1cc(-c2ccc3ccccc3c2)cc(-c2nc(-c3ccc4sc5ccccc5c4c3)nc(-c3cccc4ccc(-c5cccc6c5oc5c7ccccc7ccc65)cc34)n2)c1. The highest BCUT2D eigenvalue weighted by Crippen LogP contribution is 2.41. The van der Waals surface area contributed by atoms with Crippen molar-refractivity contribution in [1.29, 1.82) is 0 Å². The molecule has 0 spiro atoms. The average Bonchev–Trinajstić information content (AvgIpc) is 3.92. The number of hydrogen-bond acceptors (Lipinski definition) is 5. The second-order valence-corrected chi connectivity index (χ2v) is 17.0. The van der Waals surface area contributed by atoms with Gasteiger partial charge in [0.2, 0.25) is 0 Å². The molecule has 0 aliphatic carbocycles. The van der Waals surface area contributed by atoms with Crippen molar-refractivity contribution in [3.05, 3.63) is 200 Å². The summed E-state index contributed by atoms with van der Waals surface area (Å²) in [5.74, 6) is 1.87. The van der Waals surface area contributed by atoms with Gasteiger partial charge in [-0.25, -0.2) is 15.0 Å². The van der Waals surface area contributed by atoms with Crippen molar-refractivity contribution < 1.29 is 4.42 Å². The summed E-state index contributed by atoms with van der Waals surface area (Å²) in [7, 11) is 0. The Balaban J connectivity index is 1.00. The van der Waals surface area contributed by atoms with E-state index in [4.69, 9.17) is 19.4 Å². The van der Waals surface area contributed by atoms with Gasteiger partial charge in [-0.2, -0.15) is 0 Å². The molecule has 3 heterocycles. The Morgan fingerprint density at radius 3 is 1.77 bits per heavy atom. The van der Waals surface area contributed by atoms with E-state index in [1.54, 1.807) is 0 Å². The number of hydrogen-bond donors (Lipinski definition) is 0. The topological polar surface area (TPSA) is 51.8 Å². The molecular formula is C57H33N3OS. The Morgan fingerprint density at radius 2 is 0.855 bits per heavy atom. The second kappa shape index (κ2) is 13.8. The van der Waals surface area contributed by atoms with Gasteiger partial charge in [0.15, 0.2) is 17.5 Å². The summed E-state index contributed by atoms with van der Waals surface area (Å²) in [6, 6.07) is 71.1. The predicted molar refractivity (Wildman–Crippen MR) is 260 cm³/mol. The van der Waals surface area contributed by atoms with E-state index in [0.29, 0.717) is 17.5 Å². The van der Waals surface area contributed by atoms with Crippen LogP contribution in [-0.2, 0) is 0 Å². The van der Waals surface area contributed by atoms with Gasteiger partial charge in [0.1, 0.15) is 11.2 Å². The third-order valence-corrected chi connectivity index (χ3v) is 13.4. The number of thiophene rings is 1. The Bertz CT molecular complexity index is 3950. The molecule has 13 aromatic rings. The zero-order valence-corrected chi connectivity index (χ0v) is 34.0. The van der Waals surface area contributed by atoms with E-state index in [1.165, 1.54) is 30.9 Å². The van der Waals surface area contributed by atoms with Crippen molar-refractivity contribution in [3.8, 4) is 56.4 Å². The third kappa shape index (κ3) is 5.63. The normalized spacial score (nSPS) is 11.9. The highest BCUT2D eigenvalue weighted by atomic mass is 32.1. The summed E-state index contributed by atoms with van der Waals surface area (Å²) in [5, 5.41) is 11.5. The van der Waals surface area contributed by atoms with Gasteiger partial charge in [-0.3, -0.25) is 0 Å². The summed E-state index contributed by atoms with van der Waals surface area (Å²) < 4.78 is 9.29. The molecule has 0 saturated heterocycles. The summed E-state index contributed by atoms with van der Waals surface area (Å²) in [6.45, 7) is 0. The monoisotopic (exact) mass is 807 g/mol. The summed E-state index contributed by atoms with van der Waals surface area (Å²) in [5.41, 5.74) is 8.94. The quantitative estimate of drug-likeness (QED) is 0.174. The van der Waals surface area contributed by atoms with Crippen LogP contribution in [0.15, 0.2) is 205 Å². The van der Waals surface area contributed by atoms with Crippen LogP contribution in [0, 0.1) is 0 Å². The molecule has 0 N–H and O–H groups in total. The predicted octanol–water partition coefficient (Wildman–Crippen LogP) is 15.9. The highest BCUT2D eigenvalue weighted by Gasteiger charge is 2.19. The molecule has 3 aromatic heterocycles. The van der Waals surface area contributed by atoms with Crippen LogP contribution in [0.3, 0.4) is 0 Å². The van der Waals surface area contributed by atoms with Crippen LogP contribution in [0.2, 0.25) is 0 Å². The molecule has 0 radical (unpaired) electrons. The van der Waals surface area contributed by atoms with Crippen molar-refractivity contribution >= 4 is 85.8 Å². The molecular weight excluding hydrogens is 775 g/mol. The zero-order chi connectivity index (χ0) is 40.7. The minimum absolute atomic E-state index is 0.618. The smallest absolute Gasteiger partial charge is 0.164 e. The third-order valence-electron chi connectivity index (χ3n) is 12.3. The van der Waals surface area contributed by atoms with Crippen LogP contribution in [-0.4, -0.2) is 15.0 Å². The average molecular weight is 808 g/mol. The molecule has 0 atom stereocenters. The molecule has 288 valence electrons. The molecule has 0 aliphatic rings. The van der Waals surface area contributed by atoms with Crippen molar-refractivity contribution in [1.82, 2.24) is 15.0 Å². The first-order chi connectivity index (χ1) is 30.7. The van der Waals surface area contributed by atoms with E-state index in [-0.39, 0.29) is 0 Å². The lowest BCUT2D eigenvalue weighted by Crippen LogP contribution is -2.01. The molecule has 62 heavy (non-hydrogen) atoms. The number of rotatable bonds is 5. The van der Waals surface area contributed by atoms with Crippen LogP contribution in [0.1, 0.15) is 0 Å². The van der Waals surface area contributed by atoms with Crippen molar-refractivity contribution in [2.24, 2.45) is 0 Å². The van der Waals surface area contributed by atoms with Crippen molar-refractivity contribution in [3.63, 3.8) is 0 Å². The minimum Gasteiger partial charge on any atom is -0.455 e. The zero-order valence-electron chi connectivity index (χ0n) is 33.2. The summed E-state index contributed by atoms with van der Waals surface area (Å²) in [6.07, 6.45) is 0. The van der Waals surface area contributed by atoms with Crippen LogP contribution in [0.25, 0.3) is 131 Å². The van der Waals surface area contributed by atoms with Crippen molar-refractivity contribution in [2.75, 3.05) is 0 Å². The lowest BCUT2D eigenvalue weighted by atomic mass is 9.96. The van der Waals surface area contributed by atoms with E-state index in [0.717, 1.165) is 82.4 Å². The molecule has 10 aromatic carbocycles. The molecule has 0 bridgehead atoms. The first-order valence-electron chi connectivity index (χ1n) is 20.8. The standard InChI is InChI=1S/C57H33N3OS/c1-2-12-37-30-39(24-22-34(37)10-1)38-14-7-15-41(31-38)55-58-56(42-27-29-52-50(33-42)45-17-5-6-21-51(45)62-52)60-57(59-55)48-20-8-13-36-23-25-40(32-49(36)48)44-18-9-19-46-47-28-26-35-11-3-4-16-43(35)53(47)61-54(44)46/h1-33H. The molecule has 13 rings (SSSR count). The molecule has 0 aliphatic heterocycles. The van der Waals surface area contributed by atoms with E-state index >= 15 is 0 Å². The lowest BCUT2D eigenvalue weighted by Gasteiger charge is -2.12. The molecule has 0 saturated carbocycles. The van der Waals surface area contributed by atoms with E-state index < -0.39 is 0 Å². The maximum absolute atomic E-state index is 6.79. The van der Waals surface area contributed by atoms with Gasteiger partial charge in [-0.05, 0) is 92.2 Å². The van der Waals surface area contributed by atoms with Gasteiger partial charge >= 0.3 is 0 Å². The van der Waals surface area contributed by atoms with Crippen LogP contribution in [0.4, 0.5) is 0 Å². The summed E-state index contributed by atoms with van der Waals surface area (Å²) in [4.78, 5) is 15.9. The number of aromatic nitrogens is 3. The van der Waals surface area contributed by atoms with Crippen LogP contribution < -0.4 is 0 Å². The Hall–Kier alpha value is -7.99. The van der Waals surface area contributed by atoms with E-state index in [1.807, 2.05) is 11.3 Å². The fourth-order valence-electron chi connectivity index (χ4n) is 9.22. The maximum atomic E-state index is 6.79. The Morgan fingerprint density at radius 1 is 0.290 bits per heavy atom. The van der Waals surface area contributed by atoms with Gasteiger partial charge in [0.25, 0.3) is 0 Å². The minimum atomic E-state index is 0.618. The largest absolute Gasteiger partial charge is 0.455 e. The fourth-order valence-corrected chi connectivity index (χ4v) is 10.3. The van der Waals surface area contributed by atoms with Gasteiger partial charge in [-0.15, -0.1) is 11.3 Å². The maximum Gasteiger partial charge on any atom is 0.164 e. The van der Waals surface area contributed by atoms with Crippen LogP contribution >= 0.6 is 11.3 Å². The first-order valence-corrected chi connectivity index (χ1v) is 21.6. The Labute approximate surface area is 360 Å². The van der Waals surface area contributed by atoms with Gasteiger partial charge in [0.05, 0.1) is 0 Å². The first kappa shape index (κ1) is 34.8. The van der Waals surface area contributed by atoms with E-state index in [2.05, 4.69) is 200 Å². The number of benzene rings is 10. The molecule has 0 amide bonds. The summed E-state index contributed by atoms with van der Waals surface area (Å²) >= 11 is 1.81. The van der Waals surface area contributed by atoms with Gasteiger partial charge < -0.3 is 4.42 Å². The number of nitrogens with zero attached hydrogens (tertiary/aromatic N) is 3. The lowest BCUT2D eigenvalue weighted by molar-refractivity contribution is 0.674. The molecule has 5 heteroatoms.